The number of nitrogens with two attached hydrogens (primary N) is 1. The van der Waals surface area contributed by atoms with Crippen molar-refractivity contribution >= 4 is 29.6 Å². The first kappa shape index (κ1) is 44.9. The van der Waals surface area contributed by atoms with Crippen molar-refractivity contribution in [3.05, 3.63) is 18.0 Å². The Kier molecular flexibility index (Phi) is 17.8. The second kappa shape index (κ2) is 22.2. The number of carbonyl (C=O) groups excluding carboxylic acids is 2. The Morgan fingerprint density at radius 3 is 2.36 bits per heavy atom. The van der Waals surface area contributed by atoms with Crippen molar-refractivity contribution < 1.29 is 24.2 Å². The first-order valence-corrected chi connectivity index (χ1v) is 20.7. The molecule has 2 fully saturated rings. The van der Waals surface area contributed by atoms with Crippen LogP contribution in [0.25, 0.3) is 0 Å². The summed E-state index contributed by atoms with van der Waals surface area (Å²) in [5.41, 5.74) is 5.57. The van der Waals surface area contributed by atoms with Crippen molar-refractivity contribution in [3.63, 3.8) is 0 Å². The molecule has 2 atom stereocenters. The monoisotopic (exact) mass is 787 g/mol. The maximum Gasteiger partial charge on any atom is 0.408 e. The van der Waals surface area contributed by atoms with Gasteiger partial charge in [0.1, 0.15) is 40.8 Å². The van der Waals surface area contributed by atoms with Crippen molar-refractivity contribution in [1.82, 2.24) is 46.2 Å². The molecule has 56 heavy (non-hydrogen) atoms. The number of amides is 1. The van der Waals surface area contributed by atoms with E-state index in [1.54, 1.807) is 47.6 Å². The van der Waals surface area contributed by atoms with Gasteiger partial charge < -0.3 is 46.5 Å². The standard InChI is InChI=1S/C39H70N12O5/c1-38(2,3)55-35(53)31(45-37(54)56-39(4,5)6)15-10-20-43-34(52)28-16-23-50(24-17-28)33-25-32(40)46-36(47-33)44-26-30-27-51(49-48-30)22-12-19-41-18-11-21-42-29-13-8-7-9-14-29/h25,27-29,31,34,41-43,52H,7-24,26H2,1-6H3,(H,45,54)(H3,40,44,46,47)/t31-,34?/m0/s1. The van der Waals surface area contributed by atoms with E-state index in [4.69, 9.17) is 20.2 Å². The lowest BCUT2D eigenvalue weighted by molar-refractivity contribution is -0.157. The van der Waals surface area contributed by atoms with Gasteiger partial charge in [-0.1, -0.05) is 24.5 Å². The lowest BCUT2D eigenvalue weighted by atomic mass is 9.95. The van der Waals surface area contributed by atoms with Crippen LogP contribution in [0.2, 0.25) is 0 Å². The van der Waals surface area contributed by atoms with Gasteiger partial charge in [0.05, 0.1) is 12.7 Å². The summed E-state index contributed by atoms with van der Waals surface area (Å²) >= 11 is 0. The molecule has 3 heterocycles. The summed E-state index contributed by atoms with van der Waals surface area (Å²) in [6.45, 7) is 16.7. The molecule has 1 aliphatic heterocycles. The van der Waals surface area contributed by atoms with Gasteiger partial charge in [-0.05, 0) is 119 Å². The van der Waals surface area contributed by atoms with Crippen molar-refractivity contribution in [2.75, 3.05) is 55.2 Å². The fraction of sp³-hybridized carbons (Fsp3) is 0.795. The molecule has 17 heteroatoms. The summed E-state index contributed by atoms with van der Waals surface area (Å²) in [6.07, 6.45) is 11.8. The van der Waals surface area contributed by atoms with Gasteiger partial charge in [0, 0.05) is 37.7 Å². The summed E-state index contributed by atoms with van der Waals surface area (Å²) in [7, 11) is 0. The number of nitrogens with zero attached hydrogens (tertiary/aromatic N) is 6. The van der Waals surface area contributed by atoms with E-state index >= 15 is 0 Å². The molecule has 1 amide bonds. The van der Waals surface area contributed by atoms with Crippen molar-refractivity contribution in [2.24, 2.45) is 5.92 Å². The fourth-order valence-electron chi connectivity index (χ4n) is 6.95. The number of piperidine rings is 1. The van der Waals surface area contributed by atoms with Gasteiger partial charge >= 0.3 is 12.1 Å². The predicted octanol–water partition coefficient (Wildman–Crippen LogP) is 3.69. The van der Waals surface area contributed by atoms with Crippen LogP contribution in [0.1, 0.15) is 118 Å². The molecule has 1 saturated carbocycles. The number of aromatic nitrogens is 5. The number of aryl methyl sites for hydroxylation is 1. The number of carbonyl (C=O) groups is 2. The maximum atomic E-state index is 12.8. The Balaban J connectivity index is 1.13. The molecule has 316 valence electrons. The zero-order valence-electron chi connectivity index (χ0n) is 34.7. The maximum absolute atomic E-state index is 12.8. The number of esters is 1. The van der Waals surface area contributed by atoms with Crippen LogP contribution in [0.5, 0.6) is 0 Å². The highest BCUT2D eigenvalue weighted by molar-refractivity contribution is 5.81. The number of hydrogen-bond acceptors (Lipinski definition) is 15. The summed E-state index contributed by atoms with van der Waals surface area (Å²) in [5, 5.41) is 35.9. The number of hydrogen-bond donors (Lipinski definition) is 7. The third-order valence-corrected chi connectivity index (χ3v) is 9.77. The fourth-order valence-corrected chi connectivity index (χ4v) is 6.95. The van der Waals surface area contributed by atoms with Crippen molar-refractivity contribution in [3.8, 4) is 0 Å². The molecule has 0 aromatic carbocycles. The third-order valence-electron chi connectivity index (χ3n) is 9.77. The van der Waals surface area contributed by atoms with Gasteiger partial charge in [0.25, 0.3) is 0 Å². The molecule has 1 unspecified atom stereocenters. The first-order chi connectivity index (χ1) is 26.6. The smallest absolute Gasteiger partial charge is 0.408 e. The number of nitrogen functional groups attached to an aromatic ring is 1. The van der Waals surface area contributed by atoms with Crippen LogP contribution in [0.15, 0.2) is 12.3 Å². The minimum Gasteiger partial charge on any atom is -0.458 e. The second-order valence-corrected chi connectivity index (χ2v) is 17.1. The number of ether oxygens (including phenoxy) is 2. The largest absolute Gasteiger partial charge is 0.458 e. The topological polar surface area (TPSA) is 219 Å². The van der Waals surface area contributed by atoms with Crippen molar-refractivity contribution in [1.29, 1.82) is 0 Å². The summed E-state index contributed by atoms with van der Waals surface area (Å²) in [4.78, 5) is 36.5. The molecular weight excluding hydrogens is 717 g/mol. The molecule has 2 aromatic heterocycles. The van der Waals surface area contributed by atoms with Crippen LogP contribution < -0.4 is 37.2 Å². The van der Waals surface area contributed by atoms with Crippen LogP contribution >= 0.6 is 0 Å². The van der Waals surface area contributed by atoms with E-state index in [9.17, 15) is 14.7 Å². The van der Waals surface area contributed by atoms with Gasteiger partial charge in [-0.25, -0.2) is 9.59 Å². The molecule has 8 N–H and O–H groups in total. The molecule has 1 saturated heterocycles. The molecule has 4 rings (SSSR count). The van der Waals surface area contributed by atoms with Crippen molar-refractivity contribution in [2.45, 2.75) is 155 Å². The number of aliphatic hydroxyl groups excluding tert-OH is 1. The lowest BCUT2D eigenvalue weighted by Gasteiger charge is -2.35. The number of nitrogens with one attached hydrogen (secondary N) is 5. The second-order valence-electron chi connectivity index (χ2n) is 17.1. The summed E-state index contributed by atoms with van der Waals surface area (Å²) in [5.74, 6) is 1.04. The van der Waals surface area contributed by atoms with Crippen LogP contribution in [0.4, 0.5) is 22.4 Å². The average molecular weight is 787 g/mol. The van der Waals surface area contributed by atoms with E-state index in [-0.39, 0.29) is 5.92 Å². The SMILES string of the molecule is CC(C)(C)OC(=O)N[C@@H](CCCNC(O)C1CCN(c2cc(N)nc(NCc3cn(CCCNCCCNC4CCCCC4)nn3)n2)CC1)C(=O)OC(C)(C)C. The Labute approximate surface area is 333 Å². The molecule has 0 spiro atoms. The van der Waals surface area contributed by atoms with E-state index in [0.29, 0.717) is 50.8 Å². The highest BCUT2D eigenvalue weighted by atomic mass is 16.6. The third kappa shape index (κ3) is 17.1. The van der Waals surface area contributed by atoms with E-state index in [2.05, 4.69) is 46.8 Å². The van der Waals surface area contributed by atoms with E-state index in [0.717, 1.165) is 69.4 Å². The van der Waals surface area contributed by atoms with E-state index in [1.807, 2.05) is 10.9 Å². The average Bonchev–Trinajstić information content (AvgIpc) is 3.59. The molecule has 0 bridgehead atoms. The molecule has 1 aliphatic carbocycles. The molecule has 2 aromatic rings. The normalized spacial score (nSPS) is 17.0. The van der Waals surface area contributed by atoms with Crippen LogP contribution in [-0.2, 0) is 27.4 Å². The van der Waals surface area contributed by atoms with Crippen LogP contribution in [-0.4, -0.2) is 111 Å². The Bertz CT molecular complexity index is 1460. The minimum absolute atomic E-state index is 0.0382. The summed E-state index contributed by atoms with van der Waals surface area (Å²) in [6, 6.07) is 1.62. The Hall–Kier alpha value is -3.80. The highest BCUT2D eigenvalue weighted by Gasteiger charge is 2.30. The Morgan fingerprint density at radius 2 is 1.64 bits per heavy atom. The van der Waals surface area contributed by atoms with Gasteiger partial charge in [0.2, 0.25) is 5.95 Å². The number of anilines is 3. The molecule has 2 aliphatic rings. The molecular formula is C39H70N12O5. The zero-order valence-corrected chi connectivity index (χ0v) is 34.7. The van der Waals surface area contributed by atoms with Gasteiger partial charge in [-0.2, -0.15) is 9.97 Å². The van der Waals surface area contributed by atoms with Gasteiger partial charge in [0.15, 0.2) is 0 Å². The van der Waals surface area contributed by atoms with Gasteiger partial charge in [-0.3, -0.25) is 10.00 Å². The summed E-state index contributed by atoms with van der Waals surface area (Å²) < 4.78 is 12.7. The quantitative estimate of drug-likeness (QED) is 0.0545. The van der Waals surface area contributed by atoms with E-state index in [1.165, 1.54) is 32.1 Å². The van der Waals surface area contributed by atoms with Crippen LogP contribution in [0.3, 0.4) is 0 Å². The molecule has 0 radical (unpaired) electrons. The van der Waals surface area contributed by atoms with Gasteiger partial charge in [-0.15, -0.1) is 5.10 Å². The minimum atomic E-state index is -0.870. The number of aliphatic hydroxyl groups is 1. The number of rotatable bonds is 21. The highest BCUT2D eigenvalue weighted by Crippen LogP contribution is 2.26. The first-order valence-electron chi connectivity index (χ1n) is 20.7. The Morgan fingerprint density at radius 1 is 0.929 bits per heavy atom. The predicted molar refractivity (Wildman–Crippen MR) is 218 cm³/mol. The zero-order chi connectivity index (χ0) is 40.6. The van der Waals surface area contributed by atoms with Crippen LogP contribution in [0, 0.1) is 5.92 Å². The lowest BCUT2D eigenvalue weighted by Crippen LogP contribution is -2.47. The number of alkyl carbamates (subject to hydrolysis) is 1. The molecule has 17 nitrogen and oxygen atoms in total. The van der Waals surface area contributed by atoms with E-state index < -0.39 is 35.5 Å².